The van der Waals surface area contributed by atoms with E-state index in [1.807, 2.05) is 0 Å². The second kappa shape index (κ2) is 6.74. The van der Waals surface area contributed by atoms with E-state index in [9.17, 15) is 34.4 Å². The maximum Gasteiger partial charge on any atom is 0.310 e. The summed E-state index contributed by atoms with van der Waals surface area (Å²) in [5, 5.41) is 21.4. The summed E-state index contributed by atoms with van der Waals surface area (Å²) in [5.41, 5.74) is -5.10. The minimum Gasteiger partial charge on any atom is -0.393 e. The number of fused-ring (bicyclic) bond motifs is 1. The van der Waals surface area contributed by atoms with Crippen molar-refractivity contribution in [2.45, 2.75) is 35.6 Å². The zero-order chi connectivity index (χ0) is 23.4. The average molecular weight is 491 g/mol. The summed E-state index contributed by atoms with van der Waals surface area (Å²) in [7, 11) is -9.92. The second-order valence-corrected chi connectivity index (χ2v) is 10.1. The van der Waals surface area contributed by atoms with Crippen LogP contribution in [-0.2, 0) is 22.6 Å². The van der Waals surface area contributed by atoms with E-state index >= 15 is 4.39 Å². The first-order valence-electron chi connectivity index (χ1n) is 8.79. The molecule has 0 fully saturated rings. The highest BCUT2D eigenvalue weighted by Gasteiger charge is 2.65. The highest BCUT2D eigenvalue weighted by Crippen LogP contribution is 3.02. The lowest BCUT2D eigenvalue weighted by Gasteiger charge is -2.40. The van der Waals surface area contributed by atoms with Crippen LogP contribution < -0.4 is 5.32 Å². The van der Waals surface area contributed by atoms with Crippen LogP contribution in [0.1, 0.15) is 29.7 Å². The summed E-state index contributed by atoms with van der Waals surface area (Å²) >= 11 is 5.67. The lowest BCUT2D eigenvalue weighted by Crippen LogP contribution is -2.49. The first-order chi connectivity index (χ1) is 14.0. The summed E-state index contributed by atoms with van der Waals surface area (Å²) in [6.07, 6.45) is 0.422. The number of aromatic nitrogens is 1. The van der Waals surface area contributed by atoms with Gasteiger partial charge in [0.25, 0.3) is 5.91 Å². The molecule has 31 heavy (non-hydrogen) atoms. The summed E-state index contributed by atoms with van der Waals surface area (Å²) < 4.78 is 80.0. The van der Waals surface area contributed by atoms with Crippen molar-refractivity contribution in [3.63, 3.8) is 0 Å². The summed E-state index contributed by atoms with van der Waals surface area (Å²) in [6, 6.07) is 3.41. The van der Waals surface area contributed by atoms with Gasteiger partial charge >= 0.3 is 10.2 Å². The predicted octanol–water partition coefficient (Wildman–Crippen LogP) is 4.85. The van der Waals surface area contributed by atoms with E-state index in [1.165, 1.54) is 18.3 Å². The van der Waals surface area contributed by atoms with Gasteiger partial charge in [0.1, 0.15) is 10.5 Å². The molecule has 2 aromatic rings. The number of carbonyl (C=O) groups is 1. The van der Waals surface area contributed by atoms with Crippen molar-refractivity contribution in [2.24, 2.45) is 0 Å². The molecule has 0 saturated carbocycles. The molecule has 0 bridgehead atoms. The molecule has 0 aliphatic heterocycles. The van der Waals surface area contributed by atoms with Gasteiger partial charge in [0.2, 0.25) is 5.67 Å². The molecule has 1 aliphatic carbocycles. The number of nitrogens with one attached hydrogen (secondary N) is 1. The number of carbonyl (C=O) groups excluding carboxylic acids is 1. The van der Waals surface area contributed by atoms with Crippen LogP contribution in [0.3, 0.4) is 0 Å². The Labute approximate surface area is 177 Å². The van der Waals surface area contributed by atoms with Crippen molar-refractivity contribution >= 4 is 27.7 Å². The standard InChI is InChI=1S/C18H17ClF6N2O3S/c19-14-8-12(31(21,22,23,24)25)4-3-11(14)9-27-16(29)18(20)6-5-17(30,10-28)15-13(18)2-1-7-26-15/h1-4,7-8,28,30H,5-6,9-10H2,(H,27,29). The number of alkyl halides is 1. The number of halogens is 7. The van der Waals surface area contributed by atoms with Gasteiger partial charge in [-0.1, -0.05) is 43.2 Å². The normalized spacial score (nSPS) is 25.8. The molecule has 2 atom stereocenters. The molecular formula is C18H17ClF6N2O3S. The van der Waals surface area contributed by atoms with Gasteiger partial charge < -0.3 is 15.5 Å². The minimum atomic E-state index is -9.92. The first kappa shape index (κ1) is 23.6. The molecule has 172 valence electrons. The Hall–Kier alpha value is -2.02. The Kier molecular flexibility index (Phi) is 5.14. The minimum absolute atomic E-state index is 0.0526. The second-order valence-electron chi connectivity index (χ2n) is 7.30. The molecule has 2 unspecified atom stereocenters. The Morgan fingerprint density at radius 3 is 2.45 bits per heavy atom. The quantitative estimate of drug-likeness (QED) is 0.523. The number of aliphatic hydroxyl groups excluding tert-OH is 1. The van der Waals surface area contributed by atoms with Gasteiger partial charge in [-0.25, -0.2) is 4.39 Å². The summed E-state index contributed by atoms with van der Waals surface area (Å²) in [6.45, 7) is -1.29. The third kappa shape index (κ3) is 4.47. The van der Waals surface area contributed by atoms with Crippen LogP contribution in [0.15, 0.2) is 41.4 Å². The molecule has 13 heteroatoms. The van der Waals surface area contributed by atoms with Gasteiger partial charge in [-0.2, -0.15) is 0 Å². The van der Waals surface area contributed by atoms with E-state index in [0.29, 0.717) is 6.07 Å². The molecule has 1 amide bonds. The van der Waals surface area contributed by atoms with Crippen molar-refractivity contribution in [1.29, 1.82) is 0 Å². The van der Waals surface area contributed by atoms with Crippen LogP contribution in [0, 0.1) is 0 Å². The highest BCUT2D eigenvalue weighted by molar-refractivity contribution is 8.45. The highest BCUT2D eigenvalue weighted by atomic mass is 35.5. The lowest BCUT2D eigenvalue weighted by molar-refractivity contribution is -0.138. The maximum atomic E-state index is 15.6. The van der Waals surface area contributed by atoms with E-state index in [-0.39, 0.29) is 35.4 Å². The lowest BCUT2D eigenvalue weighted by atomic mass is 9.74. The molecule has 0 radical (unpaired) electrons. The SMILES string of the molecule is O=C(NCc1ccc(S(F)(F)(F)(F)F)cc1Cl)C1(F)CCC(O)(CO)c2ncccc21. The molecule has 3 N–H and O–H groups in total. The van der Waals surface area contributed by atoms with Crippen LogP contribution >= 0.6 is 21.8 Å². The zero-order valence-corrected chi connectivity index (χ0v) is 17.2. The van der Waals surface area contributed by atoms with E-state index in [4.69, 9.17) is 11.6 Å². The van der Waals surface area contributed by atoms with Crippen molar-refractivity contribution in [3.05, 3.63) is 58.4 Å². The van der Waals surface area contributed by atoms with Crippen LogP contribution in [0.25, 0.3) is 0 Å². The Bertz CT molecular complexity index is 1060. The predicted molar refractivity (Wildman–Crippen MR) is 102 cm³/mol. The van der Waals surface area contributed by atoms with Gasteiger partial charge in [-0.3, -0.25) is 9.78 Å². The average Bonchev–Trinajstić information content (AvgIpc) is 2.68. The van der Waals surface area contributed by atoms with Crippen LogP contribution in [0.2, 0.25) is 5.02 Å². The number of hydrogen-bond acceptors (Lipinski definition) is 4. The van der Waals surface area contributed by atoms with Crippen LogP contribution in [0.4, 0.5) is 23.8 Å². The number of hydrogen-bond donors (Lipinski definition) is 3. The third-order valence-electron chi connectivity index (χ3n) is 5.09. The third-order valence-corrected chi connectivity index (χ3v) is 6.59. The van der Waals surface area contributed by atoms with E-state index in [1.54, 1.807) is 0 Å². The summed E-state index contributed by atoms with van der Waals surface area (Å²) in [4.78, 5) is 14.3. The van der Waals surface area contributed by atoms with Crippen molar-refractivity contribution in [3.8, 4) is 0 Å². The van der Waals surface area contributed by atoms with Crippen molar-refractivity contribution in [2.75, 3.05) is 6.61 Å². The molecule has 1 aromatic heterocycles. The van der Waals surface area contributed by atoms with Gasteiger partial charge in [-0.05, 0) is 36.6 Å². The number of aliphatic hydroxyl groups is 2. The number of pyridine rings is 1. The molecule has 1 aliphatic rings. The largest absolute Gasteiger partial charge is 0.393 e. The zero-order valence-electron chi connectivity index (χ0n) is 15.6. The molecule has 3 rings (SSSR count). The number of rotatable bonds is 5. The monoisotopic (exact) mass is 490 g/mol. The van der Waals surface area contributed by atoms with Gasteiger partial charge in [0, 0.05) is 23.3 Å². The number of nitrogens with zero attached hydrogens (tertiary/aromatic N) is 1. The van der Waals surface area contributed by atoms with Crippen LogP contribution in [-0.4, -0.2) is 27.7 Å². The number of benzene rings is 1. The molecule has 0 spiro atoms. The topological polar surface area (TPSA) is 82.5 Å². The fraction of sp³-hybridized carbons (Fsp3) is 0.333. The molecule has 1 aromatic carbocycles. The fourth-order valence-electron chi connectivity index (χ4n) is 3.34. The molecule has 5 nitrogen and oxygen atoms in total. The van der Waals surface area contributed by atoms with Crippen LogP contribution in [0.5, 0.6) is 0 Å². The van der Waals surface area contributed by atoms with Gasteiger partial charge in [-0.15, -0.1) is 0 Å². The van der Waals surface area contributed by atoms with E-state index < -0.39 is 56.9 Å². The number of amides is 1. The smallest absolute Gasteiger partial charge is 0.310 e. The maximum absolute atomic E-state index is 15.6. The first-order valence-corrected chi connectivity index (χ1v) is 11.1. The van der Waals surface area contributed by atoms with E-state index in [2.05, 4.69) is 10.3 Å². The van der Waals surface area contributed by atoms with Crippen molar-refractivity contribution < 1.29 is 38.8 Å². The summed E-state index contributed by atoms with van der Waals surface area (Å²) in [5.74, 6) is -1.19. The Morgan fingerprint density at radius 2 is 1.87 bits per heavy atom. The van der Waals surface area contributed by atoms with Gasteiger partial charge in [0.15, 0.2) is 0 Å². The Morgan fingerprint density at radius 1 is 1.19 bits per heavy atom. The van der Waals surface area contributed by atoms with E-state index in [0.717, 1.165) is 0 Å². The Balaban J connectivity index is 1.84. The fourth-order valence-corrected chi connectivity index (χ4v) is 4.32. The molecule has 0 saturated heterocycles. The van der Waals surface area contributed by atoms with Gasteiger partial charge in [0.05, 0.1) is 12.3 Å². The van der Waals surface area contributed by atoms with Crippen molar-refractivity contribution in [1.82, 2.24) is 10.3 Å². The molecule has 1 heterocycles. The molecular weight excluding hydrogens is 474 g/mol.